The highest BCUT2D eigenvalue weighted by Gasteiger charge is 2.11. The lowest BCUT2D eigenvalue weighted by molar-refractivity contribution is 0.388. The molecular weight excluding hydrogens is 204 g/mol. The predicted molar refractivity (Wildman–Crippen MR) is 53.2 cm³/mol. The normalized spacial score (nSPS) is 11.1. The molecule has 0 unspecified atom stereocenters. The van der Waals surface area contributed by atoms with E-state index in [2.05, 4.69) is 0 Å². The first-order valence-corrected chi connectivity index (χ1v) is 5.79. The molecule has 0 aliphatic carbocycles. The van der Waals surface area contributed by atoms with Gasteiger partial charge >= 0.3 is 10.1 Å². The summed E-state index contributed by atoms with van der Waals surface area (Å²) in [4.78, 5) is 0. The zero-order valence-electron chi connectivity index (χ0n) is 8.27. The maximum absolute atomic E-state index is 10.9. The minimum Gasteiger partial charge on any atom is -0.493 e. The lowest BCUT2D eigenvalue weighted by atomic mass is 10.2. The summed E-state index contributed by atoms with van der Waals surface area (Å²) in [5.74, 6) is 0.660. The maximum atomic E-state index is 10.9. The second-order valence-electron chi connectivity index (χ2n) is 2.89. The van der Waals surface area contributed by atoms with Gasteiger partial charge in [-0.25, -0.2) is 0 Å². The lowest BCUT2D eigenvalue weighted by Gasteiger charge is -2.10. The number of aryl methyl sites for hydroxylation is 1. The van der Waals surface area contributed by atoms with Crippen LogP contribution >= 0.6 is 0 Å². The third-order valence-corrected chi connectivity index (χ3v) is 2.10. The SMILES string of the molecule is COc1c(C)cccc1OS(C)(=O)=O. The molecule has 0 aromatic heterocycles. The third-order valence-electron chi connectivity index (χ3n) is 1.62. The molecule has 0 atom stereocenters. The monoisotopic (exact) mass is 216 g/mol. The van der Waals surface area contributed by atoms with Gasteiger partial charge in [0.2, 0.25) is 0 Å². The van der Waals surface area contributed by atoms with Crippen molar-refractivity contribution in [2.75, 3.05) is 13.4 Å². The molecule has 14 heavy (non-hydrogen) atoms. The number of hydrogen-bond donors (Lipinski definition) is 0. The molecule has 0 fully saturated rings. The van der Waals surface area contributed by atoms with Crippen molar-refractivity contribution in [2.45, 2.75) is 6.92 Å². The molecule has 0 saturated carbocycles. The topological polar surface area (TPSA) is 52.6 Å². The van der Waals surface area contributed by atoms with Gasteiger partial charge in [-0.2, -0.15) is 8.42 Å². The predicted octanol–water partition coefficient (Wildman–Crippen LogP) is 1.34. The summed E-state index contributed by atoms with van der Waals surface area (Å²) < 4.78 is 31.6. The van der Waals surface area contributed by atoms with Gasteiger partial charge in [-0.05, 0) is 18.6 Å². The van der Waals surface area contributed by atoms with E-state index in [1.165, 1.54) is 7.11 Å². The molecule has 0 N–H and O–H groups in total. The largest absolute Gasteiger partial charge is 0.493 e. The number of benzene rings is 1. The van der Waals surface area contributed by atoms with Gasteiger partial charge < -0.3 is 8.92 Å². The molecule has 1 rings (SSSR count). The first-order valence-electron chi connectivity index (χ1n) is 3.97. The first kappa shape index (κ1) is 10.8. The van der Waals surface area contributed by atoms with Crippen LogP contribution in [0.3, 0.4) is 0 Å². The zero-order valence-corrected chi connectivity index (χ0v) is 9.09. The van der Waals surface area contributed by atoms with Crippen molar-refractivity contribution in [1.82, 2.24) is 0 Å². The van der Waals surface area contributed by atoms with E-state index in [0.717, 1.165) is 11.8 Å². The fraction of sp³-hybridized carbons (Fsp3) is 0.333. The molecule has 0 aliphatic rings. The minimum atomic E-state index is -3.51. The Morgan fingerprint density at radius 1 is 1.29 bits per heavy atom. The second-order valence-corrected chi connectivity index (χ2v) is 4.47. The standard InChI is InChI=1S/C9H12O4S/c1-7-5-4-6-8(9(7)12-2)13-14(3,10)11/h4-6H,1-3H3. The Kier molecular flexibility index (Phi) is 3.00. The van der Waals surface area contributed by atoms with Gasteiger partial charge in [-0.1, -0.05) is 12.1 Å². The van der Waals surface area contributed by atoms with Crippen molar-refractivity contribution in [3.05, 3.63) is 23.8 Å². The molecular formula is C9H12O4S. The Labute approximate surface area is 83.6 Å². The fourth-order valence-corrected chi connectivity index (χ4v) is 1.57. The molecule has 0 saturated heterocycles. The summed E-state index contributed by atoms with van der Waals surface area (Å²) in [5, 5.41) is 0. The van der Waals surface area contributed by atoms with Crippen molar-refractivity contribution in [3.63, 3.8) is 0 Å². The van der Waals surface area contributed by atoms with Gasteiger partial charge in [0.15, 0.2) is 11.5 Å². The van der Waals surface area contributed by atoms with E-state index in [1.807, 2.05) is 13.0 Å². The average molecular weight is 216 g/mol. The van der Waals surface area contributed by atoms with Crippen LogP contribution in [0.5, 0.6) is 11.5 Å². The Bertz CT molecular complexity index is 422. The second kappa shape index (κ2) is 3.88. The highest BCUT2D eigenvalue weighted by atomic mass is 32.2. The van der Waals surface area contributed by atoms with Crippen LogP contribution in [0.25, 0.3) is 0 Å². The zero-order chi connectivity index (χ0) is 10.8. The van der Waals surface area contributed by atoms with Crippen LogP contribution in [0.15, 0.2) is 18.2 Å². The highest BCUT2D eigenvalue weighted by Crippen LogP contribution is 2.30. The number of para-hydroxylation sites is 1. The summed E-state index contributed by atoms with van der Waals surface area (Å²) in [6, 6.07) is 5.07. The van der Waals surface area contributed by atoms with E-state index in [-0.39, 0.29) is 5.75 Å². The number of ether oxygens (including phenoxy) is 1. The first-order chi connectivity index (χ1) is 6.44. The smallest absolute Gasteiger partial charge is 0.306 e. The van der Waals surface area contributed by atoms with E-state index >= 15 is 0 Å². The molecule has 78 valence electrons. The molecule has 1 aromatic carbocycles. The maximum Gasteiger partial charge on any atom is 0.306 e. The summed E-state index contributed by atoms with van der Waals surface area (Å²) in [7, 11) is -2.04. The molecule has 0 radical (unpaired) electrons. The summed E-state index contributed by atoms with van der Waals surface area (Å²) in [6.07, 6.45) is 0.995. The summed E-state index contributed by atoms with van der Waals surface area (Å²) in [5.41, 5.74) is 0.827. The van der Waals surface area contributed by atoms with Gasteiger partial charge in [0, 0.05) is 0 Å². The van der Waals surface area contributed by atoms with Crippen molar-refractivity contribution >= 4 is 10.1 Å². The molecule has 0 spiro atoms. The minimum absolute atomic E-state index is 0.218. The Hall–Kier alpha value is -1.23. The number of rotatable bonds is 3. The molecule has 0 amide bonds. The molecule has 5 heteroatoms. The van der Waals surface area contributed by atoms with E-state index in [0.29, 0.717) is 5.75 Å². The van der Waals surface area contributed by atoms with Gasteiger partial charge in [-0.15, -0.1) is 0 Å². The van der Waals surface area contributed by atoms with Gasteiger partial charge in [0.25, 0.3) is 0 Å². The quantitative estimate of drug-likeness (QED) is 0.715. The van der Waals surface area contributed by atoms with E-state index < -0.39 is 10.1 Å². The highest BCUT2D eigenvalue weighted by molar-refractivity contribution is 7.86. The third kappa shape index (κ3) is 2.63. The van der Waals surface area contributed by atoms with Crippen LogP contribution in [-0.2, 0) is 10.1 Å². The molecule has 0 aliphatic heterocycles. The fourth-order valence-electron chi connectivity index (χ4n) is 1.12. The van der Waals surface area contributed by atoms with Crippen molar-refractivity contribution in [1.29, 1.82) is 0 Å². The van der Waals surface area contributed by atoms with Gasteiger partial charge in [-0.3, -0.25) is 0 Å². The van der Waals surface area contributed by atoms with Crippen LogP contribution in [0.2, 0.25) is 0 Å². The van der Waals surface area contributed by atoms with Crippen molar-refractivity contribution < 1.29 is 17.3 Å². The molecule has 4 nitrogen and oxygen atoms in total. The molecule has 1 aromatic rings. The summed E-state index contributed by atoms with van der Waals surface area (Å²) >= 11 is 0. The van der Waals surface area contributed by atoms with E-state index in [9.17, 15) is 8.42 Å². The van der Waals surface area contributed by atoms with Crippen LogP contribution in [-0.4, -0.2) is 21.8 Å². The molecule has 0 bridgehead atoms. The summed E-state index contributed by atoms with van der Waals surface area (Å²) in [6.45, 7) is 1.81. The van der Waals surface area contributed by atoms with Crippen molar-refractivity contribution in [2.24, 2.45) is 0 Å². The number of methoxy groups -OCH3 is 1. The van der Waals surface area contributed by atoms with E-state index in [4.69, 9.17) is 8.92 Å². The van der Waals surface area contributed by atoms with Crippen LogP contribution in [0, 0.1) is 6.92 Å². The van der Waals surface area contributed by atoms with Crippen LogP contribution in [0.1, 0.15) is 5.56 Å². The Morgan fingerprint density at radius 2 is 1.93 bits per heavy atom. The van der Waals surface area contributed by atoms with Crippen molar-refractivity contribution in [3.8, 4) is 11.5 Å². The van der Waals surface area contributed by atoms with Crippen LogP contribution < -0.4 is 8.92 Å². The van der Waals surface area contributed by atoms with E-state index in [1.54, 1.807) is 12.1 Å². The lowest BCUT2D eigenvalue weighted by Crippen LogP contribution is -2.07. The Morgan fingerprint density at radius 3 is 2.43 bits per heavy atom. The number of hydrogen-bond acceptors (Lipinski definition) is 4. The average Bonchev–Trinajstić information content (AvgIpc) is 2.01. The van der Waals surface area contributed by atoms with Gasteiger partial charge in [0.1, 0.15) is 0 Å². The molecule has 0 heterocycles. The van der Waals surface area contributed by atoms with Crippen LogP contribution in [0.4, 0.5) is 0 Å². The van der Waals surface area contributed by atoms with Gasteiger partial charge in [0.05, 0.1) is 13.4 Å². The Balaban J connectivity index is 3.15.